The minimum atomic E-state index is -0.346. The Bertz CT molecular complexity index is 737. The predicted molar refractivity (Wildman–Crippen MR) is 90.5 cm³/mol. The molecule has 8 heteroatoms. The van der Waals surface area contributed by atoms with Crippen molar-refractivity contribution in [1.82, 2.24) is 9.78 Å². The summed E-state index contributed by atoms with van der Waals surface area (Å²) < 4.78 is 1.60. The van der Waals surface area contributed by atoms with E-state index in [4.69, 9.17) is 11.6 Å². The topological polar surface area (TPSA) is 67.4 Å². The highest BCUT2D eigenvalue weighted by Crippen LogP contribution is 2.32. The average Bonchev–Trinajstić information content (AvgIpc) is 2.82. The third-order valence-electron chi connectivity index (χ3n) is 4.10. The zero-order valence-corrected chi connectivity index (χ0v) is 13.8. The summed E-state index contributed by atoms with van der Waals surface area (Å²) in [6.07, 6.45) is 0. The van der Waals surface area contributed by atoms with Gasteiger partial charge in [-0.05, 0) is 25.1 Å². The number of rotatable bonds is 3. The van der Waals surface area contributed by atoms with Crippen LogP contribution in [0, 0.1) is 17.0 Å². The molecule has 2 heterocycles. The van der Waals surface area contributed by atoms with Crippen molar-refractivity contribution < 1.29 is 4.92 Å². The molecule has 1 aromatic carbocycles. The molecule has 0 amide bonds. The van der Waals surface area contributed by atoms with Gasteiger partial charge in [0.2, 0.25) is 5.82 Å². The maximum absolute atomic E-state index is 11.3. The van der Waals surface area contributed by atoms with E-state index in [2.05, 4.69) is 10.00 Å². The lowest BCUT2D eigenvalue weighted by Crippen LogP contribution is -2.47. The molecule has 1 aliphatic heterocycles. The molecule has 1 aromatic heterocycles. The number of benzene rings is 1. The largest absolute Gasteiger partial charge is 0.368 e. The van der Waals surface area contributed by atoms with Crippen molar-refractivity contribution in [3.05, 3.63) is 45.1 Å². The van der Waals surface area contributed by atoms with Crippen LogP contribution in [0.25, 0.3) is 0 Å². The quantitative estimate of drug-likeness (QED) is 0.637. The van der Waals surface area contributed by atoms with E-state index in [0.717, 1.165) is 18.8 Å². The molecule has 0 atom stereocenters. The van der Waals surface area contributed by atoms with Crippen LogP contribution in [0.3, 0.4) is 0 Å². The molecule has 0 aliphatic carbocycles. The van der Waals surface area contributed by atoms with Crippen molar-refractivity contribution in [2.75, 3.05) is 36.0 Å². The van der Waals surface area contributed by atoms with Gasteiger partial charge in [-0.25, -0.2) is 4.68 Å². The second-order valence-corrected chi connectivity index (χ2v) is 6.03. The van der Waals surface area contributed by atoms with Gasteiger partial charge in [0, 0.05) is 43.9 Å². The number of piperazine rings is 1. The number of nitro groups is 1. The van der Waals surface area contributed by atoms with Crippen molar-refractivity contribution in [2.24, 2.45) is 7.05 Å². The molecule has 1 fully saturated rings. The molecule has 3 rings (SSSR count). The summed E-state index contributed by atoms with van der Waals surface area (Å²) in [6.45, 7) is 4.63. The Balaban J connectivity index is 1.79. The summed E-state index contributed by atoms with van der Waals surface area (Å²) in [5.74, 6) is 0.582. The lowest BCUT2D eigenvalue weighted by atomic mass is 10.2. The van der Waals surface area contributed by atoms with Gasteiger partial charge in [0.1, 0.15) is 5.69 Å². The van der Waals surface area contributed by atoms with Crippen LogP contribution in [0.1, 0.15) is 5.69 Å². The van der Waals surface area contributed by atoms with Gasteiger partial charge in [-0.1, -0.05) is 17.7 Å². The van der Waals surface area contributed by atoms with E-state index in [0.29, 0.717) is 29.6 Å². The van der Waals surface area contributed by atoms with E-state index in [9.17, 15) is 10.1 Å². The van der Waals surface area contributed by atoms with E-state index >= 15 is 0 Å². The lowest BCUT2D eigenvalue weighted by molar-refractivity contribution is -0.384. The van der Waals surface area contributed by atoms with Crippen LogP contribution in [0.4, 0.5) is 17.2 Å². The first kappa shape index (κ1) is 15.6. The first-order valence-electron chi connectivity index (χ1n) is 7.41. The van der Waals surface area contributed by atoms with Gasteiger partial charge in [0.25, 0.3) is 0 Å². The van der Waals surface area contributed by atoms with Crippen molar-refractivity contribution in [2.45, 2.75) is 6.92 Å². The standard InChI is InChI=1S/C15H18ClN5O2/c1-11-14(21(22)23)15(18(2)17-11)20-8-6-19(7-9-20)13-5-3-4-12(16)10-13/h3-5,10H,6-9H2,1-2H3. The zero-order chi connectivity index (χ0) is 16.6. The molecular weight excluding hydrogens is 318 g/mol. The Labute approximate surface area is 139 Å². The molecule has 23 heavy (non-hydrogen) atoms. The molecule has 0 bridgehead atoms. The first-order valence-corrected chi connectivity index (χ1v) is 7.78. The van der Waals surface area contributed by atoms with Crippen molar-refractivity contribution in [3.63, 3.8) is 0 Å². The predicted octanol–water partition coefficient (Wildman–Crippen LogP) is 2.62. The molecule has 122 valence electrons. The van der Waals surface area contributed by atoms with Crippen molar-refractivity contribution in [1.29, 1.82) is 0 Å². The molecule has 7 nitrogen and oxygen atoms in total. The van der Waals surface area contributed by atoms with Gasteiger partial charge in [0.05, 0.1) is 4.92 Å². The highest BCUT2D eigenvalue weighted by atomic mass is 35.5. The second kappa shape index (κ2) is 6.08. The molecule has 0 spiro atoms. The van der Waals surface area contributed by atoms with Gasteiger partial charge in [-0.15, -0.1) is 0 Å². The highest BCUT2D eigenvalue weighted by molar-refractivity contribution is 6.30. The SMILES string of the molecule is Cc1nn(C)c(N2CCN(c3cccc(Cl)c3)CC2)c1[N+](=O)[O-]. The van der Waals surface area contributed by atoms with Crippen molar-refractivity contribution >= 4 is 28.8 Å². The maximum Gasteiger partial charge on any atom is 0.333 e. The smallest absolute Gasteiger partial charge is 0.333 e. The van der Waals surface area contributed by atoms with Crippen molar-refractivity contribution in [3.8, 4) is 0 Å². The van der Waals surface area contributed by atoms with Gasteiger partial charge in [-0.3, -0.25) is 10.1 Å². The van der Waals surface area contributed by atoms with Gasteiger partial charge in [0.15, 0.2) is 0 Å². The Morgan fingerprint density at radius 3 is 2.48 bits per heavy atom. The fourth-order valence-electron chi connectivity index (χ4n) is 3.05. The zero-order valence-electron chi connectivity index (χ0n) is 13.1. The Morgan fingerprint density at radius 2 is 1.87 bits per heavy atom. The molecule has 0 saturated carbocycles. The minimum Gasteiger partial charge on any atom is -0.368 e. The van der Waals surface area contributed by atoms with Crippen LogP contribution in [0.5, 0.6) is 0 Å². The number of halogens is 1. The summed E-state index contributed by atoms with van der Waals surface area (Å²) in [5.41, 5.74) is 1.63. The van der Waals surface area contributed by atoms with Crippen LogP contribution < -0.4 is 9.80 Å². The minimum absolute atomic E-state index is 0.101. The summed E-state index contributed by atoms with van der Waals surface area (Å²) in [5, 5.41) is 16.2. The molecule has 1 saturated heterocycles. The molecular formula is C15H18ClN5O2. The van der Waals surface area contributed by atoms with Gasteiger partial charge >= 0.3 is 5.69 Å². The number of aromatic nitrogens is 2. The molecule has 0 radical (unpaired) electrons. The fraction of sp³-hybridized carbons (Fsp3) is 0.400. The van der Waals surface area contributed by atoms with Crippen LogP contribution in [-0.2, 0) is 7.05 Å². The van der Waals surface area contributed by atoms with Crippen LogP contribution >= 0.6 is 11.6 Å². The number of nitrogens with zero attached hydrogens (tertiary/aromatic N) is 5. The Hall–Kier alpha value is -2.28. The summed E-state index contributed by atoms with van der Waals surface area (Å²) in [6, 6.07) is 7.74. The highest BCUT2D eigenvalue weighted by Gasteiger charge is 2.30. The molecule has 0 N–H and O–H groups in total. The monoisotopic (exact) mass is 335 g/mol. The molecule has 2 aromatic rings. The van der Waals surface area contributed by atoms with E-state index in [1.165, 1.54) is 0 Å². The van der Waals surface area contributed by atoms with Gasteiger partial charge in [-0.2, -0.15) is 5.10 Å². The summed E-state index contributed by atoms with van der Waals surface area (Å²) >= 11 is 6.04. The van der Waals surface area contributed by atoms with E-state index < -0.39 is 0 Å². The van der Waals surface area contributed by atoms with Crippen LogP contribution in [0.2, 0.25) is 5.02 Å². The maximum atomic E-state index is 11.3. The van der Waals surface area contributed by atoms with Crippen LogP contribution in [0.15, 0.2) is 24.3 Å². The van der Waals surface area contributed by atoms with Gasteiger partial charge < -0.3 is 9.80 Å². The average molecular weight is 336 g/mol. The molecule has 1 aliphatic rings. The van der Waals surface area contributed by atoms with E-state index in [1.807, 2.05) is 29.2 Å². The fourth-order valence-corrected chi connectivity index (χ4v) is 3.24. The van der Waals surface area contributed by atoms with Crippen LogP contribution in [-0.4, -0.2) is 40.9 Å². The Morgan fingerprint density at radius 1 is 1.22 bits per heavy atom. The summed E-state index contributed by atoms with van der Waals surface area (Å²) in [4.78, 5) is 15.2. The third kappa shape index (κ3) is 2.96. The number of anilines is 2. The number of aryl methyl sites for hydroxylation is 2. The lowest BCUT2D eigenvalue weighted by Gasteiger charge is -2.36. The first-order chi connectivity index (χ1) is 11.0. The normalized spacial score (nSPS) is 15.1. The number of hydrogen-bond acceptors (Lipinski definition) is 5. The Kier molecular flexibility index (Phi) is 4.12. The third-order valence-corrected chi connectivity index (χ3v) is 4.33. The second-order valence-electron chi connectivity index (χ2n) is 5.59. The van der Waals surface area contributed by atoms with E-state index in [1.54, 1.807) is 18.7 Å². The summed E-state index contributed by atoms with van der Waals surface area (Å²) in [7, 11) is 1.75. The number of hydrogen-bond donors (Lipinski definition) is 0. The van der Waals surface area contributed by atoms with E-state index in [-0.39, 0.29) is 10.6 Å². The molecule has 0 unspecified atom stereocenters.